The summed E-state index contributed by atoms with van der Waals surface area (Å²) in [5.41, 5.74) is 0. The number of fused-ring (bicyclic) bond motifs is 3. The maximum atomic E-state index is 1.56. The van der Waals surface area contributed by atoms with Gasteiger partial charge in [0.15, 0.2) is 0 Å². The molecule has 6 aliphatic rings. The molecule has 0 nitrogen and oxygen atoms in total. The Morgan fingerprint density at radius 3 is 0.515 bits per heavy atom. The van der Waals surface area contributed by atoms with Crippen LogP contribution in [0.1, 0.15) is 173 Å². The van der Waals surface area contributed by atoms with Gasteiger partial charge in [0.25, 0.3) is 0 Å². The lowest BCUT2D eigenvalue weighted by molar-refractivity contribution is 0.224. The van der Waals surface area contributed by atoms with E-state index in [0.717, 1.165) is 35.5 Å². The van der Waals surface area contributed by atoms with Gasteiger partial charge in [-0.2, -0.15) is 0 Å². The fourth-order valence-corrected chi connectivity index (χ4v) is 9.11. The molecule has 0 aliphatic heterocycles. The van der Waals surface area contributed by atoms with E-state index in [1.165, 1.54) is 96.3 Å². The third kappa shape index (κ3) is 8.86. The maximum Gasteiger partial charge on any atom is -0.0386 e. The highest BCUT2D eigenvalue weighted by Gasteiger charge is 2.28. The fraction of sp³-hybridized carbons (Fsp3) is 1.00. The predicted molar refractivity (Wildman–Crippen MR) is 146 cm³/mol. The van der Waals surface area contributed by atoms with Crippen molar-refractivity contribution in [2.45, 2.75) is 173 Å². The predicted octanol–water partition coefficient (Wildman–Crippen LogP) is 11.3. The lowest BCUT2D eigenvalue weighted by Gasteiger charge is -2.29. The molecule has 0 N–H and O–H groups in total. The van der Waals surface area contributed by atoms with E-state index in [1.807, 2.05) is 0 Å². The van der Waals surface area contributed by atoms with E-state index < -0.39 is 0 Å². The highest BCUT2D eigenvalue weighted by atomic mass is 14.3. The Balaban J connectivity index is 0.000000118. The summed E-state index contributed by atoms with van der Waals surface area (Å²) in [6.45, 7) is 0. The van der Waals surface area contributed by atoms with Gasteiger partial charge < -0.3 is 0 Å². The lowest BCUT2D eigenvalue weighted by Crippen LogP contribution is -2.17. The van der Waals surface area contributed by atoms with E-state index in [-0.39, 0.29) is 0 Å². The summed E-state index contributed by atoms with van der Waals surface area (Å²) in [6, 6.07) is 0. The monoisotopic (exact) mass is 456 g/mol. The first-order valence-electron chi connectivity index (χ1n) is 16.4. The Hall–Kier alpha value is 0. The molecular weight excluding hydrogens is 396 g/mol. The van der Waals surface area contributed by atoms with E-state index in [9.17, 15) is 0 Å². The molecule has 0 radical (unpaired) electrons. The van der Waals surface area contributed by atoms with Gasteiger partial charge in [-0.3, -0.25) is 0 Å². The molecule has 4 unspecified atom stereocenters. The zero-order chi connectivity index (χ0) is 22.6. The standard InChI is InChI=1S/C12H22.C11H20.C10H18/c1-3-7-11-9-5-2-6-10-12(11)8-4-1;1-2-6-10-8-4-5-9-11(10)7-3-1;1-2-5-9-7-4-8-10(9)6-3-1/h11-12H,1-10H2;10-11H,1-9H2;9-10H,1-8H2. The molecule has 4 atom stereocenters. The van der Waals surface area contributed by atoms with Crippen LogP contribution in [0.5, 0.6) is 0 Å². The van der Waals surface area contributed by atoms with Crippen LogP contribution >= 0.6 is 0 Å². The second-order valence-corrected chi connectivity index (χ2v) is 13.3. The van der Waals surface area contributed by atoms with E-state index in [2.05, 4.69) is 0 Å². The molecule has 0 aromatic rings. The van der Waals surface area contributed by atoms with Crippen molar-refractivity contribution in [3.63, 3.8) is 0 Å². The normalized spacial score (nSPS) is 39.3. The smallest absolute Gasteiger partial charge is 0.0386 e. The van der Waals surface area contributed by atoms with Gasteiger partial charge in [-0.25, -0.2) is 0 Å². The summed E-state index contributed by atoms with van der Waals surface area (Å²) >= 11 is 0. The topological polar surface area (TPSA) is 0 Å². The molecule has 0 amide bonds. The van der Waals surface area contributed by atoms with Crippen molar-refractivity contribution < 1.29 is 0 Å². The first kappa shape index (κ1) is 26.1. The third-order valence-electron chi connectivity index (χ3n) is 11.1. The van der Waals surface area contributed by atoms with E-state index >= 15 is 0 Å². The second-order valence-electron chi connectivity index (χ2n) is 13.3. The Bertz CT molecular complexity index is 440. The van der Waals surface area contributed by atoms with Crippen molar-refractivity contribution in [1.82, 2.24) is 0 Å². The minimum absolute atomic E-state index is 1.13. The van der Waals surface area contributed by atoms with Gasteiger partial charge in [0.05, 0.1) is 0 Å². The van der Waals surface area contributed by atoms with Crippen molar-refractivity contribution in [3.8, 4) is 0 Å². The van der Waals surface area contributed by atoms with E-state index in [0.29, 0.717) is 0 Å². The van der Waals surface area contributed by atoms with E-state index in [4.69, 9.17) is 0 Å². The molecule has 0 aromatic carbocycles. The van der Waals surface area contributed by atoms with Crippen molar-refractivity contribution >= 4 is 0 Å². The van der Waals surface area contributed by atoms with E-state index in [1.54, 1.807) is 77.0 Å². The Kier molecular flexibility index (Phi) is 12.0. The zero-order valence-corrected chi connectivity index (χ0v) is 22.6. The van der Waals surface area contributed by atoms with Gasteiger partial charge >= 0.3 is 0 Å². The molecule has 0 bridgehead atoms. The summed E-state index contributed by atoms with van der Waals surface area (Å²) in [4.78, 5) is 0. The number of hydrogen-bond donors (Lipinski definition) is 0. The molecule has 0 aromatic heterocycles. The molecule has 6 fully saturated rings. The van der Waals surface area contributed by atoms with Crippen LogP contribution in [-0.2, 0) is 0 Å². The summed E-state index contributed by atoms with van der Waals surface area (Å²) < 4.78 is 0. The van der Waals surface area contributed by atoms with Crippen LogP contribution in [0, 0.1) is 35.5 Å². The highest BCUT2D eigenvalue weighted by molar-refractivity contribution is 4.80. The van der Waals surface area contributed by atoms with Crippen LogP contribution in [-0.4, -0.2) is 0 Å². The molecule has 0 spiro atoms. The average Bonchev–Trinajstić information content (AvgIpc) is 3.14. The van der Waals surface area contributed by atoms with Gasteiger partial charge in [-0.15, -0.1) is 0 Å². The van der Waals surface area contributed by atoms with Crippen molar-refractivity contribution in [2.75, 3.05) is 0 Å². The second kappa shape index (κ2) is 15.2. The Labute approximate surface area is 208 Å². The fourth-order valence-electron chi connectivity index (χ4n) is 9.11. The number of hydrogen-bond acceptors (Lipinski definition) is 0. The molecule has 33 heavy (non-hydrogen) atoms. The SMILES string of the molecule is C1CCC2CCCC2CC1.C1CCC2CCCCC2CC1.C1CCC2CCCCCC2CC1. The van der Waals surface area contributed by atoms with Gasteiger partial charge in [-0.1, -0.05) is 173 Å². The van der Waals surface area contributed by atoms with Crippen molar-refractivity contribution in [3.05, 3.63) is 0 Å². The van der Waals surface area contributed by atoms with Crippen LogP contribution in [0.3, 0.4) is 0 Å². The largest absolute Gasteiger partial charge is 0.0533 e. The van der Waals surface area contributed by atoms with Crippen LogP contribution in [0.25, 0.3) is 0 Å². The third-order valence-corrected chi connectivity index (χ3v) is 11.1. The summed E-state index contributed by atoms with van der Waals surface area (Å²) in [6.07, 6.45) is 41.6. The Morgan fingerprint density at radius 1 is 0.152 bits per heavy atom. The highest BCUT2D eigenvalue weighted by Crippen LogP contribution is 2.41. The Morgan fingerprint density at radius 2 is 0.303 bits per heavy atom. The molecule has 0 saturated heterocycles. The molecule has 192 valence electrons. The molecule has 6 aliphatic carbocycles. The van der Waals surface area contributed by atoms with Gasteiger partial charge in [-0.05, 0) is 35.5 Å². The molecule has 6 saturated carbocycles. The van der Waals surface area contributed by atoms with Gasteiger partial charge in [0.1, 0.15) is 0 Å². The maximum absolute atomic E-state index is 1.56. The van der Waals surface area contributed by atoms with Crippen LogP contribution in [0.15, 0.2) is 0 Å². The molecular formula is C33H60. The lowest BCUT2D eigenvalue weighted by atomic mass is 9.77. The minimum Gasteiger partial charge on any atom is -0.0533 e. The summed E-state index contributed by atoms with van der Waals surface area (Å²) in [5.74, 6) is 6.87. The average molecular weight is 457 g/mol. The van der Waals surface area contributed by atoms with Crippen LogP contribution in [0.4, 0.5) is 0 Å². The summed E-state index contributed by atoms with van der Waals surface area (Å²) in [5, 5.41) is 0. The number of rotatable bonds is 0. The van der Waals surface area contributed by atoms with Gasteiger partial charge in [0, 0.05) is 0 Å². The molecule has 0 heterocycles. The zero-order valence-electron chi connectivity index (χ0n) is 22.6. The molecule has 0 heteroatoms. The molecule has 6 rings (SSSR count). The first-order chi connectivity index (χ1) is 16.4. The van der Waals surface area contributed by atoms with Crippen molar-refractivity contribution in [2.24, 2.45) is 35.5 Å². The first-order valence-corrected chi connectivity index (χ1v) is 16.4. The van der Waals surface area contributed by atoms with Crippen LogP contribution in [0.2, 0.25) is 0 Å². The van der Waals surface area contributed by atoms with Crippen LogP contribution < -0.4 is 0 Å². The summed E-state index contributed by atoms with van der Waals surface area (Å²) in [7, 11) is 0. The van der Waals surface area contributed by atoms with Crippen molar-refractivity contribution in [1.29, 1.82) is 0 Å². The van der Waals surface area contributed by atoms with Gasteiger partial charge in [0.2, 0.25) is 0 Å². The minimum atomic E-state index is 1.13. The quantitative estimate of drug-likeness (QED) is 0.340.